The Morgan fingerprint density at radius 2 is 1.69 bits per heavy atom. The van der Waals surface area contributed by atoms with Crippen molar-refractivity contribution in [2.45, 2.75) is 96.8 Å². The van der Waals surface area contributed by atoms with E-state index in [1.807, 2.05) is 0 Å². The Hall–Kier alpha value is -2.02. The van der Waals surface area contributed by atoms with Crippen LogP contribution in [0.4, 0.5) is 5.69 Å². The predicted octanol–water partition coefficient (Wildman–Crippen LogP) is 9.52. The molecule has 4 rings (SSSR count). The van der Waals surface area contributed by atoms with Crippen molar-refractivity contribution >= 4 is 5.69 Å². The van der Waals surface area contributed by atoms with Crippen molar-refractivity contribution in [2.75, 3.05) is 11.4 Å². The maximum atomic E-state index is 4.47. The Morgan fingerprint density at radius 1 is 1.00 bits per heavy atom. The van der Waals surface area contributed by atoms with Crippen molar-refractivity contribution in [3.63, 3.8) is 0 Å². The lowest BCUT2D eigenvalue weighted by Crippen LogP contribution is -2.35. The summed E-state index contributed by atoms with van der Waals surface area (Å²) in [5, 5.41) is 0. The Balaban J connectivity index is 0.000000277. The SMILES string of the molecule is C=C.C=C(C1CCC1)N1CC(CCC)(CCC)c2ccccc21.CCCC1=CCCC=C1. The van der Waals surface area contributed by atoms with Crippen molar-refractivity contribution in [2.24, 2.45) is 5.92 Å². The van der Waals surface area contributed by atoms with E-state index in [9.17, 15) is 0 Å². The van der Waals surface area contributed by atoms with E-state index in [0.717, 1.165) is 12.5 Å². The second-order valence-corrected chi connectivity index (χ2v) is 9.51. The third kappa shape index (κ3) is 6.27. The van der Waals surface area contributed by atoms with Gasteiger partial charge in [-0.25, -0.2) is 0 Å². The van der Waals surface area contributed by atoms with Crippen molar-refractivity contribution in [1.29, 1.82) is 0 Å². The molecule has 1 nitrogen and oxygen atoms in total. The number of hydrogen-bond donors (Lipinski definition) is 0. The molecule has 0 bridgehead atoms. The molecule has 0 aromatic heterocycles. The van der Waals surface area contributed by atoms with Crippen LogP contribution in [0, 0.1) is 5.92 Å². The fourth-order valence-corrected chi connectivity index (χ4v) is 5.50. The predicted molar refractivity (Wildman–Crippen MR) is 144 cm³/mol. The summed E-state index contributed by atoms with van der Waals surface area (Å²) in [5.41, 5.74) is 6.28. The smallest absolute Gasteiger partial charge is 0.0447 e. The highest BCUT2D eigenvalue weighted by molar-refractivity contribution is 5.66. The molecule has 1 aromatic rings. The first-order chi connectivity index (χ1) is 15.6. The molecule has 0 amide bonds. The summed E-state index contributed by atoms with van der Waals surface area (Å²) in [4.78, 5) is 2.56. The normalized spacial score (nSPS) is 18.3. The molecule has 1 saturated carbocycles. The van der Waals surface area contributed by atoms with Gasteiger partial charge in [-0.3, -0.25) is 0 Å². The van der Waals surface area contributed by atoms with Crippen LogP contribution in [-0.4, -0.2) is 6.54 Å². The van der Waals surface area contributed by atoms with Crippen molar-refractivity contribution in [3.8, 4) is 0 Å². The number of allylic oxidation sites excluding steroid dienone is 5. The molecule has 3 aliphatic rings. The van der Waals surface area contributed by atoms with Crippen LogP contribution in [0.3, 0.4) is 0 Å². The van der Waals surface area contributed by atoms with Gasteiger partial charge in [0.15, 0.2) is 0 Å². The summed E-state index contributed by atoms with van der Waals surface area (Å²) >= 11 is 0. The van der Waals surface area contributed by atoms with Gasteiger partial charge >= 0.3 is 0 Å². The van der Waals surface area contributed by atoms with Crippen LogP contribution in [-0.2, 0) is 5.41 Å². The standard InChI is InChI=1S/C20H29N.C9H14.C2H4/c1-4-13-20(14-5-2)15-21(16(3)17-9-8-10-17)19-12-7-6-11-18(19)20;1-2-6-9-7-4-3-5-8-9;1-2/h6-7,11-12,17H,3-5,8-10,13-15H2,1-2H3;4,7-8H,2-3,5-6H2,1H3;1-2H2. The van der Waals surface area contributed by atoms with Gasteiger partial charge < -0.3 is 4.90 Å². The lowest BCUT2D eigenvalue weighted by Gasteiger charge is -2.36. The van der Waals surface area contributed by atoms with Gasteiger partial charge in [0.2, 0.25) is 0 Å². The molecule has 1 heteroatoms. The van der Waals surface area contributed by atoms with Crippen LogP contribution in [0.1, 0.15) is 97.0 Å². The molecule has 0 unspecified atom stereocenters. The first-order valence-electron chi connectivity index (χ1n) is 13.1. The molecule has 0 spiro atoms. The molecule has 0 radical (unpaired) electrons. The van der Waals surface area contributed by atoms with Crippen molar-refractivity contribution in [3.05, 3.63) is 79.1 Å². The van der Waals surface area contributed by atoms with Crippen LogP contribution in [0.25, 0.3) is 0 Å². The van der Waals surface area contributed by atoms with E-state index in [0.29, 0.717) is 5.41 Å². The molecule has 0 atom stereocenters. The van der Waals surface area contributed by atoms with Crippen LogP contribution < -0.4 is 4.90 Å². The second-order valence-electron chi connectivity index (χ2n) is 9.51. The van der Waals surface area contributed by atoms with E-state index >= 15 is 0 Å². The van der Waals surface area contributed by atoms with Crippen LogP contribution in [0.2, 0.25) is 0 Å². The Bertz CT molecular complexity index is 758. The Labute approximate surface area is 199 Å². The van der Waals surface area contributed by atoms with Gasteiger partial charge in [0.1, 0.15) is 0 Å². The minimum absolute atomic E-state index is 0.354. The maximum Gasteiger partial charge on any atom is 0.0447 e. The van der Waals surface area contributed by atoms with Gasteiger partial charge in [0.25, 0.3) is 0 Å². The molecular formula is C31H47N. The lowest BCUT2D eigenvalue weighted by molar-refractivity contribution is 0.345. The van der Waals surface area contributed by atoms with Crippen LogP contribution >= 0.6 is 0 Å². The number of rotatable bonds is 8. The highest BCUT2D eigenvalue weighted by atomic mass is 15.2. The largest absolute Gasteiger partial charge is 0.344 e. The van der Waals surface area contributed by atoms with Gasteiger partial charge in [-0.15, -0.1) is 13.2 Å². The lowest BCUT2D eigenvalue weighted by atomic mass is 9.75. The van der Waals surface area contributed by atoms with E-state index in [2.05, 4.69) is 87.9 Å². The molecule has 0 N–H and O–H groups in total. The molecule has 0 saturated heterocycles. The third-order valence-corrected chi connectivity index (χ3v) is 7.22. The maximum absolute atomic E-state index is 4.47. The van der Waals surface area contributed by atoms with Gasteiger partial charge in [-0.2, -0.15) is 0 Å². The van der Waals surface area contributed by atoms with E-state index < -0.39 is 0 Å². The summed E-state index contributed by atoms with van der Waals surface area (Å²) in [6.45, 7) is 18.5. The highest BCUT2D eigenvalue weighted by Crippen LogP contribution is 2.49. The third-order valence-electron chi connectivity index (χ3n) is 7.22. The molecule has 32 heavy (non-hydrogen) atoms. The average molecular weight is 434 g/mol. The van der Waals surface area contributed by atoms with Crippen LogP contribution in [0.15, 0.2) is 73.5 Å². The summed E-state index contributed by atoms with van der Waals surface area (Å²) in [5.74, 6) is 0.733. The van der Waals surface area contributed by atoms with Gasteiger partial charge in [0, 0.05) is 23.3 Å². The zero-order chi connectivity index (χ0) is 23.4. The van der Waals surface area contributed by atoms with Crippen LogP contribution in [0.5, 0.6) is 0 Å². The number of fused-ring (bicyclic) bond motifs is 1. The zero-order valence-electron chi connectivity index (χ0n) is 21.2. The number of hydrogen-bond acceptors (Lipinski definition) is 1. The molecular weight excluding hydrogens is 386 g/mol. The summed E-state index contributed by atoms with van der Waals surface area (Å²) in [6.07, 6.45) is 21.1. The fraction of sp³-hybridized carbons (Fsp3) is 0.548. The van der Waals surface area contributed by atoms with Gasteiger partial charge in [-0.1, -0.05) is 95.0 Å². The molecule has 1 aliphatic heterocycles. The summed E-state index contributed by atoms with van der Waals surface area (Å²) in [6, 6.07) is 9.09. The summed E-state index contributed by atoms with van der Waals surface area (Å²) in [7, 11) is 0. The van der Waals surface area contributed by atoms with Gasteiger partial charge in [0.05, 0.1) is 0 Å². The first kappa shape index (κ1) is 26.2. The highest BCUT2D eigenvalue weighted by Gasteiger charge is 2.43. The molecule has 1 heterocycles. The Kier molecular flexibility index (Phi) is 11.1. The average Bonchev–Trinajstić information content (AvgIpc) is 3.11. The van der Waals surface area contributed by atoms with E-state index in [-0.39, 0.29) is 0 Å². The van der Waals surface area contributed by atoms with E-state index in [4.69, 9.17) is 0 Å². The Morgan fingerprint density at radius 3 is 2.22 bits per heavy atom. The number of anilines is 1. The molecule has 176 valence electrons. The topological polar surface area (TPSA) is 3.24 Å². The number of benzene rings is 1. The summed E-state index contributed by atoms with van der Waals surface area (Å²) < 4.78 is 0. The minimum Gasteiger partial charge on any atom is -0.344 e. The number of nitrogens with zero attached hydrogens (tertiary/aromatic N) is 1. The first-order valence-corrected chi connectivity index (χ1v) is 13.1. The molecule has 1 fully saturated rings. The minimum atomic E-state index is 0.354. The van der Waals surface area contributed by atoms with Crippen molar-refractivity contribution < 1.29 is 0 Å². The molecule has 1 aromatic carbocycles. The second kappa shape index (κ2) is 13.5. The molecule has 2 aliphatic carbocycles. The monoisotopic (exact) mass is 433 g/mol. The fourth-order valence-electron chi connectivity index (χ4n) is 5.50. The number of para-hydroxylation sites is 1. The van der Waals surface area contributed by atoms with E-state index in [1.165, 1.54) is 87.6 Å². The quantitative estimate of drug-likeness (QED) is 0.369. The van der Waals surface area contributed by atoms with Crippen molar-refractivity contribution in [1.82, 2.24) is 0 Å². The van der Waals surface area contributed by atoms with E-state index in [1.54, 1.807) is 5.56 Å². The zero-order valence-corrected chi connectivity index (χ0v) is 21.2. The van der Waals surface area contributed by atoms with Gasteiger partial charge in [-0.05, 0) is 62.5 Å².